The van der Waals surface area contributed by atoms with Gasteiger partial charge in [0.25, 0.3) is 11.6 Å². The molecule has 0 bridgehead atoms. The number of nitrogens with zero attached hydrogens (tertiary/aromatic N) is 2. The highest BCUT2D eigenvalue weighted by Crippen LogP contribution is 2.35. The van der Waals surface area contributed by atoms with Gasteiger partial charge >= 0.3 is 0 Å². The van der Waals surface area contributed by atoms with Gasteiger partial charge in [-0.25, -0.2) is 0 Å². The molecule has 2 aromatic rings. The third-order valence-electron chi connectivity index (χ3n) is 4.39. The molecule has 2 N–H and O–H groups in total. The quantitative estimate of drug-likeness (QED) is 0.642. The minimum absolute atomic E-state index is 0.0157. The van der Waals surface area contributed by atoms with E-state index in [9.17, 15) is 14.9 Å². The lowest BCUT2D eigenvalue weighted by molar-refractivity contribution is -0.384. The number of benzene rings is 2. The van der Waals surface area contributed by atoms with Crippen LogP contribution in [0.3, 0.4) is 0 Å². The Bertz CT molecular complexity index is 800. The largest absolute Gasteiger partial charge is 0.372 e. The van der Waals surface area contributed by atoms with E-state index in [0.717, 1.165) is 24.3 Å². The SMILES string of the molecule is CCN(CC)c1ccc(C2Nc3cc([N+](=O)[O-])ccc3NC2=O)cc1. The van der Waals surface area contributed by atoms with Gasteiger partial charge < -0.3 is 15.5 Å². The topological polar surface area (TPSA) is 87.5 Å². The van der Waals surface area contributed by atoms with Crippen molar-refractivity contribution in [2.75, 3.05) is 28.6 Å². The second-order valence-electron chi connectivity index (χ2n) is 5.82. The summed E-state index contributed by atoms with van der Waals surface area (Å²) in [5.41, 5.74) is 2.99. The number of fused-ring (bicyclic) bond motifs is 1. The van der Waals surface area contributed by atoms with E-state index in [2.05, 4.69) is 29.4 Å². The van der Waals surface area contributed by atoms with Crippen molar-refractivity contribution in [1.29, 1.82) is 0 Å². The van der Waals surface area contributed by atoms with Crippen molar-refractivity contribution in [2.24, 2.45) is 0 Å². The van der Waals surface area contributed by atoms with Crippen molar-refractivity contribution in [3.63, 3.8) is 0 Å². The molecule has 7 heteroatoms. The number of amides is 1. The molecule has 130 valence electrons. The van der Waals surface area contributed by atoms with Gasteiger partial charge in [-0.3, -0.25) is 14.9 Å². The number of anilines is 3. The van der Waals surface area contributed by atoms with Crippen molar-refractivity contribution in [2.45, 2.75) is 19.9 Å². The summed E-state index contributed by atoms with van der Waals surface area (Å²) >= 11 is 0. The average molecular weight is 340 g/mol. The molecule has 0 saturated carbocycles. The number of hydrogen-bond acceptors (Lipinski definition) is 5. The molecule has 1 atom stereocenters. The second kappa shape index (κ2) is 6.80. The molecule has 2 aromatic carbocycles. The highest BCUT2D eigenvalue weighted by Gasteiger charge is 2.28. The van der Waals surface area contributed by atoms with Crippen molar-refractivity contribution in [3.8, 4) is 0 Å². The summed E-state index contributed by atoms with van der Waals surface area (Å²) in [6.45, 7) is 6.01. The van der Waals surface area contributed by atoms with Crippen LogP contribution in [0, 0.1) is 10.1 Å². The molecule has 1 heterocycles. The second-order valence-corrected chi connectivity index (χ2v) is 5.82. The Morgan fingerprint density at radius 1 is 1.08 bits per heavy atom. The number of rotatable bonds is 5. The van der Waals surface area contributed by atoms with Crippen LogP contribution in [0.15, 0.2) is 42.5 Å². The third kappa shape index (κ3) is 3.26. The summed E-state index contributed by atoms with van der Waals surface area (Å²) in [6.07, 6.45) is 0. The first-order chi connectivity index (χ1) is 12.0. The Morgan fingerprint density at radius 2 is 1.76 bits per heavy atom. The lowest BCUT2D eigenvalue weighted by Gasteiger charge is -2.27. The summed E-state index contributed by atoms with van der Waals surface area (Å²) < 4.78 is 0. The molecule has 0 spiro atoms. The van der Waals surface area contributed by atoms with E-state index in [1.807, 2.05) is 24.3 Å². The van der Waals surface area contributed by atoms with E-state index in [-0.39, 0.29) is 11.6 Å². The fourth-order valence-electron chi connectivity index (χ4n) is 3.00. The van der Waals surface area contributed by atoms with E-state index >= 15 is 0 Å². The molecule has 25 heavy (non-hydrogen) atoms. The molecule has 7 nitrogen and oxygen atoms in total. The van der Waals surface area contributed by atoms with Crippen LogP contribution in [-0.2, 0) is 4.79 Å². The van der Waals surface area contributed by atoms with Crippen LogP contribution in [0.1, 0.15) is 25.5 Å². The number of hydrogen-bond donors (Lipinski definition) is 2. The molecular weight excluding hydrogens is 320 g/mol. The summed E-state index contributed by atoms with van der Waals surface area (Å²) in [5.74, 6) is -0.183. The smallest absolute Gasteiger partial charge is 0.271 e. The molecule has 0 fully saturated rings. The van der Waals surface area contributed by atoms with Gasteiger partial charge in [-0.15, -0.1) is 0 Å². The number of nitro groups is 1. The van der Waals surface area contributed by atoms with Crippen LogP contribution in [0.5, 0.6) is 0 Å². The maximum absolute atomic E-state index is 12.4. The number of carbonyl (C=O) groups excluding carboxylic acids is 1. The molecule has 1 unspecified atom stereocenters. The van der Waals surface area contributed by atoms with Crippen LogP contribution in [0.25, 0.3) is 0 Å². The molecule has 0 radical (unpaired) electrons. The highest BCUT2D eigenvalue weighted by atomic mass is 16.6. The predicted molar refractivity (Wildman–Crippen MR) is 98.1 cm³/mol. The van der Waals surface area contributed by atoms with Crippen molar-refractivity contribution >= 4 is 28.7 Å². The Morgan fingerprint density at radius 3 is 2.36 bits per heavy atom. The highest BCUT2D eigenvalue weighted by molar-refractivity contribution is 6.03. The van der Waals surface area contributed by atoms with Crippen LogP contribution in [-0.4, -0.2) is 23.9 Å². The van der Waals surface area contributed by atoms with Gasteiger partial charge in [-0.2, -0.15) is 0 Å². The van der Waals surface area contributed by atoms with Gasteiger partial charge in [0, 0.05) is 30.9 Å². The fraction of sp³-hybridized carbons (Fsp3) is 0.278. The first kappa shape index (κ1) is 16.8. The minimum Gasteiger partial charge on any atom is -0.372 e. The van der Waals surface area contributed by atoms with Gasteiger partial charge in [0.05, 0.1) is 16.3 Å². The number of non-ortho nitro benzene ring substituents is 1. The molecule has 3 rings (SSSR count). The molecule has 0 saturated heterocycles. The number of nitrogens with one attached hydrogen (secondary N) is 2. The zero-order chi connectivity index (χ0) is 18.0. The van der Waals surface area contributed by atoms with Gasteiger partial charge in [-0.1, -0.05) is 12.1 Å². The average Bonchev–Trinajstić information content (AvgIpc) is 2.62. The van der Waals surface area contributed by atoms with E-state index in [0.29, 0.717) is 11.4 Å². The molecule has 1 aliphatic heterocycles. The van der Waals surface area contributed by atoms with Crippen LogP contribution in [0.2, 0.25) is 0 Å². The number of nitro benzene ring substituents is 1. The third-order valence-corrected chi connectivity index (χ3v) is 4.39. The molecule has 1 aliphatic rings. The van der Waals surface area contributed by atoms with E-state index in [4.69, 9.17) is 0 Å². The number of carbonyl (C=O) groups is 1. The van der Waals surface area contributed by atoms with Gasteiger partial charge in [0.2, 0.25) is 0 Å². The summed E-state index contributed by atoms with van der Waals surface area (Å²) in [6, 6.07) is 11.6. The Labute approximate surface area is 145 Å². The van der Waals surface area contributed by atoms with Crippen LogP contribution < -0.4 is 15.5 Å². The monoisotopic (exact) mass is 340 g/mol. The first-order valence-electron chi connectivity index (χ1n) is 8.24. The van der Waals surface area contributed by atoms with Crippen molar-refractivity contribution in [1.82, 2.24) is 0 Å². The zero-order valence-corrected chi connectivity index (χ0v) is 14.2. The molecule has 0 aliphatic carbocycles. The lowest BCUT2D eigenvalue weighted by atomic mass is 10.0. The van der Waals surface area contributed by atoms with E-state index < -0.39 is 11.0 Å². The summed E-state index contributed by atoms with van der Waals surface area (Å²) in [5, 5.41) is 16.9. The van der Waals surface area contributed by atoms with E-state index in [1.54, 1.807) is 0 Å². The Hall–Kier alpha value is -3.09. The minimum atomic E-state index is -0.583. The standard InChI is InChI=1S/C18H20N4O3/c1-3-21(4-2)13-7-5-12(6-8-13)17-18(23)20-15-10-9-14(22(24)25)11-16(15)19-17/h5-11,17,19H,3-4H2,1-2H3,(H,20,23). The Balaban J connectivity index is 1.87. The lowest BCUT2D eigenvalue weighted by Crippen LogP contribution is -2.32. The van der Waals surface area contributed by atoms with Gasteiger partial charge in [0.15, 0.2) is 0 Å². The molecule has 0 aromatic heterocycles. The van der Waals surface area contributed by atoms with Gasteiger partial charge in [0.1, 0.15) is 6.04 Å². The van der Waals surface area contributed by atoms with E-state index in [1.165, 1.54) is 18.2 Å². The molecular formula is C18H20N4O3. The van der Waals surface area contributed by atoms with Crippen molar-refractivity contribution < 1.29 is 9.72 Å². The molecule has 1 amide bonds. The normalized spacial score (nSPS) is 15.8. The van der Waals surface area contributed by atoms with Crippen LogP contribution in [0.4, 0.5) is 22.7 Å². The fourth-order valence-corrected chi connectivity index (χ4v) is 3.00. The summed E-state index contributed by atoms with van der Waals surface area (Å²) in [7, 11) is 0. The van der Waals surface area contributed by atoms with Crippen LogP contribution >= 0.6 is 0 Å². The van der Waals surface area contributed by atoms with Gasteiger partial charge in [-0.05, 0) is 37.6 Å². The maximum atomic E-state index is 12.4. The Kier molecular flexibility index (Phi) is 4.56. The van der Waals surface area contributed by atoms with Crippen molar-refractivity contribution in [3.05, 3.63) is 58.1 Å². The predicted octanol–water partition coefficient (Wildman–Crippen LogP) is 3.55. The summed E-state index contributed by atoms with van der Waals surface area (Å²) in [4.78, 5) is 25.1. The maximum Gasteiger partial charge on any atom is 0.271 e. The first-order valence-corrected chi connectivity index (χ1v) is 8.24. The zero-order valence-electron chi connectivity index (χ0n) is 14.2.